The highest BCUT2D eigenvalue weighted by atomic mass is 15.6. The molecule has 6 fully saturated rings. The minimum atomic E-state index is -0.179. The molecule has 4 heterocycles. The van der Waals surface area contributed by atoms with Gasteiger partial charge in [0.1, 0.15) is 0 Å². The summed E-state index contributed by atoms with van der Waals surface area (Å²) in [4.78, 5) is 0. The van der Waals surface area contributed by atoms with E-state index < -0.39 is 0 Å². The van der Waals surface area contributed by atoms with Gasteiger partial charge in [-0.2, -0.15) is 5.26 Å². The highest BCUT2D eigenvalue weighted by molar-refractivity contribution is 5.08. The van der Waals surface area contributed by atoms with Crippen molar-refractivity contribution in [2.24, 2.45) is 40.9 Å². The molecular weight excluding hydrogens is 446 g/mol. The van der Waals surface area contributed by atoms with E-state index in [4.69, 9.17) is 0 Å². The molecule has 4 saturated heterocycles. The highest BCUT2D eigenvalue weighted by Crippen LogP contribution is 2.49. The van der Waals surface area contributed by atoms with Crippen molar-refractivity contribution < 1.29 is 0 Å². The van der Waals surface area contributed by atoms with Crippen LogP contribution in [0.2, 0.25) is 0 Å². The molecule has 0 radical (unpaired) electrons. The van der Waals surface area contributed by atoms with Gasteiger partial charge in [0.25, 0.3) is 0 Å². The fourth-order valence-corrected chi connectivity index (χ4v) is 9.42. The number of hydrogen-bond acceptors (Lipinski definition) is 7. The fourth-order valence-electron chi connectivity index (χ4n) is 9.42. The van der Waals surface area contributed by atoms with Crippen LogP contribution in [0, 0.1) is 52.3 Å². The summed E-state index contributed by atoms with van der Waals surface area (Å²) >= 11 is 0. The third-order valence-corrected chi connectivity index (χ3v) is 11.7. The van der Waals surface area contributed by atoms with Gasteiger partial charge in [0.15, 0.2) is 0 Å². The van der Waals surface area contributed by atoms with Crippen LogP contribution in [0.4, 0.5) is 0 Å². The topological polar surface area (TPSA) is 78.4 Å². The number of nitrogens with one attached hydrogen (secondary N) is 4. The molecule has 0 aromatic rings. The Kier molecular flexibility index (Phi) is 7.40. The van der Waals surface area contributed by atoms with Crippen LogP contribution in [0.25, 0.3) is 0 Å². The molecule has 0 aromatic heterocycles. The van der Waals surface area contributed by atoms with Gasteiger partial charge < -0.3 is 10.6 Å². The summed E-state index contributed by atoms with van der Waals surface area (Å²) in [7, 11) is 2.29. The second-order valence-corrected chi connectivity index (χ2v) is 13.8. The van der Waals surface area contributed by atoms with E-state index in [-0.39, 0.29) is 5.41 Å². The van der Waals surface area contributed by atoms with Crippen LogP contribution in [0.15, 0.2) is 0 Å². The minimum absolute atomic E-state index is 0.179. The van der Waals surface area contributed by atoms with Crippen molar-refractivity contribution in [2.75, 3.05) is 33.2 Å². The van der Waals surface area contributed by atoms with Crippen LogP contribution < -0.4 is 21.5 Å². The van der Waals surface area contributed by atoms with Gasteiger partial charge in [0, 0.05) is 44.8 Å². The van der Waals surface area contributed by atoms with Gasteiger partial charge in [0.05, 0.1) is 17.6 Å². The van der Waals surface area contributed by atoms with Crippen LogP contribution in [-0.4, -0.2) is 67.5 Å². The zero-order chi connectivity index (χ0) is 24.9. The molecule has 0 bridgehead atoms. The number of likely N-dealkylation sites (N-methyl/N-ethyl adjacent to an activating group) is 1. The maximum atomic E-state index is 9.66. The van der Waals surface area contributed by atoms with Crippen LogP contribution in [0.3, 0.4) is 0 Å². The van der Waals surface area contributed by atoms with Crippen molar-refractivity contribution in [1.82, 2.24) is 31.5 Å². The van der Waals surface area contributed by atoms with Crippen molar-refractivity contribution in [3.05, 3.63) is 0 Å². The lowest BCUT2D eigenvalue weighted by Gasteiger charge is -2.50. The molecule has 0 amide bonds. The SMILES string of the molecule is CN1NC(C2CCC(C(C)(C)C#N)CC2)C2C3CC(C4CCC(N5CCCN5)NC4)CCC3NCC21. The van der Waals surface area contributed by atoms with Crippen molar-refractivity contribution in [3.8, 4) is 6.07 Å². The molecule has 2 saturated carbocycles. The largest absolute Gasteiger partial charge is 0.312 e. The van der Waals surface area contributed by atoms with Crippen molar-refractivity contribution in [1.29, 1.82) is 5.26 Å². The van der Waals surface area contributed by atoms with E-state index in [0.717, 1.165) is 42.7 Å². The van der Waals surface area contributed by atoms with Crippen molar-refractivity contribution >= 4 is 0 Å². The third kappa shape index (κ3) is 4.76. The first-order valence-corrected chi connectivity index (χ1v) is 15.3. The van der Waals surface area contributed by atoms with Gasteiger partial charge >= 0.3 is 0 Å². The van der Waals surface area contributed by atoms with E-state index in [0.29, 0.717) is 30.2 Å². The first-order chi connectivity index (χ1) is 17.4. The lowest BCUT2D eigenvalue weighted by molar-refractivity contribution is 0.0266. The second kappa shape index (κ2) is 10.4. The Morgan fingerprint density at radius 2 is 1.67 bits per heavy atom. The molecule has 202 valence electrons. The molecule has 0 spiro atoms. The number of hydrogen-bond donors (Lipinski definition) is 4. The maximum absolute atomic E-state index is 9.66. The first-order valence-electron chi connectivity index (χ1n) is 15.3. The summed E-state index contributed by atoms with van der Waals surface area (Å²) in [6.07, 6.45) is 13.7. The molecule has 2 aliphatic carbocycles. The molecule has 0 aromatic carbocycles. The summed E-state index contributed by atoms with van der Waals surface area (Å²) in [6.45, 7) is 8.99. The molecule has 6 rings (SSSR count). The molecule has 8 atom stereocenters. The Balaban J connectivity index is 1.10. The summed E-state index contributed by atoms with van der Waals surface area (Å²) in [5.74, 6) is 4.62. The number of rotatable bonds is 4. The second-order valence-electron chi connectivity index (χ2n) is 13.8. The molecule has 36 heavy (non-hydrogen) atoms. The lowest BCUT2D eigenvalue weighted by atomic mass is 9.60. The van der Waals surface area contributed by atoms with E-state index in [1.807, 2.05) is 0 Å². The normalized spacial score (nSPS) is 46.7. The molecule has 4 aliphatic heterocycles. The van der Waals surface area contributed by atoms with E-state index >= 15 is 0 Å². The van der Waals surface area contributed by atoms with E-state index in [1.165, 1.54) is 77.3 Å². The van der Waals surface area contributed by atoms with Crippen LogP contribution in [0.1, 0.15) is 78.1 Å². The van der Waals surface area contributed by atoms with Gasteiger partial charge in [0.2, 0.25) is 0 Å². The standard InChI is InChI=1S/C29H51N7/c1-29(2,18-30)22-9-5-19(6-10-22)28-27-23-15-20(7-11-24(23)31-17-25(27)35(3)34-28)21-8-12-26(32-16-21)36-14-4-13-33-36/h19-28,31-34H,4-17H2,1-3H3. The van der Waals surface area contributed by atoms with E-state index in [9.17, 15) is 5.26 Å². The predicted octanol–water partition coefficient (Wildman–Crippen LogP) is 3.07. The Labute approximate surface area is 219 Å². The fraction of sp³-hybridized carbons (Fsp3) is 0.966. The molecule has 6 aliphatic rings. The van der Waals surface area contributed by atoms with Gasteiger partial charge in [-0.3, -0.25) is 10.9 Å². The van der Waals surface area contributed by atoms with Gasteiger partial charge in [-0.25, -0.2) is 10.0 Å². The number of fused-ring (bicyclic) bond motifs is 3. The van der Waals surface area contributed by atoms with Gasteiger partial charge in [-0.15, -0.1) is 0 Å². The Bertz CT molecular complexity index is 788. The maximum Gasteiger partial charge on any atom is 0.0733 e. The van der Waals surface area contributed by atoms with Gasteiger partial charge in [-0.05, 0) is 120 Å². The van der Waals surface area contributed by atoms with Crippen LogP contribution in [-0.2, 0) is 0 Å². The molecule has 8 unspecified atom stereocenters. The van der Waals surface area contributed by atoms with Gasteiger partial charge in [-0.1, -0.05) is 0 Å². The molecular formula is C29H51N7. The Morgan fingerprint density at radius 3 is 2.36 bits per heavy atom. The minimum Gasteiger partial charge on any atom is -0.312 e. The number of nitrogens with zero attached hydrogens (tertiary/aromatic N) is 3. The predicted molar refractivity (Wildman–Crippen MR) is 143 cm³/mol. The van der Waals surface area contributed by atoms with Crippen LogP contribution in [0.5, 0.6) is 0 Å². The highest BCUT2D eigenvalue weighted by Gasteiger charge is 2.53. The zero-order valence-electron chi connectivity index (χ0n) is 23.0. The summed E-state index contributed by atoms with van der Waals surface area (Å²) in [5.41, 5.74) is 7.39. The summed E-state index contributed by atoms with van der Waals surface area (Å²) in [6, 6.07) is 4.55. The Hall–Kier alpha value is -0.750. The smallest absolute Gasteiger partial charge is 0.0733 e. The van der Waals surface area contributed by atoms with E-state index in [2.05, 4.69) is 58.5 Å². The lowest BCUT2D eigenvalue weighted by Crippen LogP contribution is -2.59. The average Bonchev–Trinajstić information content (AvgIpc) is 3.57. The van der Waals surface area contributed by atoms with Crippen molar-refractivity contribution in [3.63, 3.8) is 0 Å². The number of hydrazine groups is 2. The Morgan fingerprint density at radius 1 is 0.889 bits per heavy atom. The molecule has 7 nitrogen and oxygen atoms in total. The molecule has 7 heteroatoms. The average molecular weight is 498 g/mol. The monoisotopic (exact) mass is 497 g/mol. The van der Waals surface area contributed by atoms with Crippen molar-refractivity contribution in [2.45, 2.75) is 102 Å². The quantitative estimate of drug-likeness (QED) is 0.475. The summed E-state index contributed by atoms with van der Waals surface area (Å²) < 4.78 is 0. The number of piperidine rings is 2. The van der Waals surface area contributed by atoms with E-state index in [1.54, 1.807) is 0 Å². The third-order valence-electron chi connectivity index (χ3n) is 11.7. The summed E-state index contributed by atoms with van der Waals surface area (Å²) in [5, 5.41) is 22.5. The van der Waals surface area contributed by atoms with Crippen LogP contribution >= 0.6 is 0 Å². The molecule has 4 N–H and O–H groups in total. The number of nitriles is 1. The zero-order valence-corrected chi connectivity index (χ0v) is 23.0. The first kappa shape index (κ1) is 25.5.